The van der Waals surface area contributed by atoms with Crippen LogP contribution in [0.3, 0.4) is 0 Å². The van der Waals surface area contributed by atoms with Crippen LogP contribution in [0, 0.1) is 0 Å². The van der Waals surface area contributed by atoms with E-state index in [4.69, 9.17) is 9.84 Å². The maximum Gasteiger partial charge on any atom is 0.326 e. The van der Waals surface area contributed by atoms with E-state index in [0.29, 0.717) is 5.75 Å². The highest BCUT2D eigenvalue weighted by atomic mass is 16.5. The number of rotatable bonds is 5. The number of ether oxygens (including phenoxy) is 1. The normalized spacial score (nSPS) is 21.8. The Morgan fingerprint density at radius 1 is 1.30 bits per heavy atom. The zero-order valence-corrected chi connectivity index (χ0v) is 10.9. The number of aliphatic hydroxyl groups is 1. The highest BCUT2D eigenvalue weighted by Crippen LogP contribution is 2.19. The third-order valence-electron chi connectivity index (χ3n) is 3.21. The number of likely N-dealkylation sites (tertiary alicyclic amines) is 1. The first-order chi connectivity index (χ1) is 9.58. The maximum atomic E-state index is 12.0. The second-order valence-electron chi connectivity index (χ2n) is 4.70. The number of hydrogen-bond acceptors (Lipinski definition) is 4. The molecular formula is C14H17NO5. The summed E-state index contributed by atoms with van der Waals surface area (Å²) in [6.07, 6.45) is -0.596. The fourth-order valence-electron chi connectivity index (χ4n) is 2.24. The average Bonchev–Trinajstić information content (AvgIpc) is 2.82. The number of hydrogen-bond donors (Lipinski definition) is 2. The number of carboxylic acids is 1. The van der Waals surface area contributed by atoms with Crippen LogP contribution in [0.25, 0.3) is 0 Å². The number of nitrogens with zero attached hydrogens (tertiary/aromatic N) is 1. The Kier molecular flexibility index (Phi) is 4.57. The van der Waals surface area contributed by atoms with Crippen LogP contribution in [-0.4, -0.2) is 52.3 Å². The summed E-state index contributed by atoms with van der Waals surface area (Å²) in [4.78, 5) is 24.2. The third kappa shape index (κ3) is 3.48. The standard InChI is InChI=1S/C14H17NO5/c16-10-8-12(14(18)19)15(9-10)13(17)6-7-20-11-4-2-1-3-5-11/h1-5,10,12,16H,6-9H2,(H,18,19)/t10?,12-/m0/s1. The van der Waals surface area contributed by atoms with E-state index in [2.05, 4.69) is 0 Å². The Morgan fingerprint density at radius 2 is 2.00 bits per heavy atom. The minimum atomic E-state index is -1.08. The summed E-state index contributed by atoms with van der Waals surface area (Å²) in [5.74, 6) is -0.736. The quantitative estimate of drug-likeness (QED) is 0.819. The van der Waals surface area contributed by atoms with Crippen molar-refractivity contribution in [1.29, 1.82) is 0 Å². The number of carboxylic acid groups (broad SMARTS) is 1. The van der Waals surface area contributed by atoms with Gasteiger partial charge >= 0.3 is 5.97 Å². The van der Waals surface area contributed by atoms with Crippen molar-refractivity contribution in [2.24, 2.45) is 0 Å². The lowest BCUT2D eigenvalue weighted by Crippen LogP contribution is -2.41. The van der Waals surface area contributed by atoms with Gasteiger partial charge in [-0.15, -0.1) is 0 Å². The summed E-state index contributed by atoms with van der Waals surface area (Å²) in [6.45, 7) is 0.253. The number of amides is 1. The van der Waals surface area contributed by atoms with E-state index in [0.717, 1.165) is 0 Å². The minimum absolute atomic E-state index is 0.0706. The number of β-amino-alcohol motifs (C(OH)–C–C–N with tert-alkyl or cyclic N) is 1. The Bertz CT molecular complexity index is 476. The molecular weight excluding hydrogens is 262 g/mol. The van der Waals surface area contributed by atoms with Gasteiger partial charge in [-0.3, -0.25) is 4.79 Å². The molecule has 0 radical (unpaired) electrons. The van der Waals surface area contributed by atoms with Gasteiger partial charge in [-0.1, -0.05) is 18.2 Å². The average molecular weight is 279 g/mol. The van der Waals surface area contributed by atoms with Gasteiger partial charge in [0.2, 0.25) is 5.91 Å². The van der Waals surface area contributed by atoms with Crippen molar-refractivity contribution in [2.45, 2.75) is 25.0 Å². The molecule has 0 saturated carbocycles. The smallest absolute Gasteiger partial charge is 0.326 e. The SMILES string of the molecule is O=C(O)[C@@H]1CC(O)CN1C(=O)CCOc1ccccc1. The molecule has 1 saturated heterocycles. The van der Waals surface area contributed by atoms with Crippen molar-refractivity contribution < 1.29 is 24.5 Å². The molecule has 6 heteroatoms. The highest BCUT2D eigenvalue weighted by molar-refractivity contribution is 5.84. The third-order valence-corrected chi connectivity index (χ3v) is 3.21. The fraction of sp³-hybridized carbons (Fsp3) is 0.429. The number of aliphatic hydroxyl groups excluding tert-OH is 1. The van der Waals surface area contributed by atoms with Gasteiger partial charge in [0, 0.05) is 13.0 Å². The summed E-state index contributed by atoms with van der Waals surface area (Å²) in [5.41, 5.74) is 0. The Hall–Kier alpha value is -2.08. The van der Waals surface area contributed by atoms with Gasteiger partial charge < -0.3 is 19.8 Å². The molecule has 1 aliphatic heterocycles. The van der Waals surface area contributed by atoms with Crippen molar-refractivity contribution in [3.8, 4) is 5.75 Å². The van der Waals surface area contributed by atoms with Crippen molar-refractivity contribution in [1.82, 2.24) is 4.90 Å². The second kappa shape index (κ2) is 6.38. The molecule has 2 N–H and O–H groups in total. The summed E-state index contributed by atoms with van der Waals surface area (Å²) < 4.78 is 5.40. The topological polar surface area (TPSA) is 87.1 Å². The fourth-order valence-corrected chi connectivity index (χ4v) is 2.24. The highest BCUT2D eigenvalue weighted by Gasteiger charge is 2.38. The molecule has 1 aliphatic rings. The number of carbonyl (C=O) groups is 2. The number of para-hydroxylation sites is 1. The van der Waals surface area contributed by atoms with Gasteiger partial charge in [0.25, 0.3) is 0 Å². The predicted octanol–water partition coefficient (Wildman–Crippen LogP) is 0.502. The summed E-state index contributed by atoms with van der Waals surface area (Å²) >= 11 is 0. The van der Waals surface area contributed by atoms with Crippen LogP contribution in [0.2, 0.25) is 0 Å². The Morgan fingerprint density at radius 3 is 2.65 bits per heavy atom. The molecule has 0 aliphatic carbocycles. The molecule has 1 unspecified atom stereocenters. The molecule has 0 aromatic heterocycles. The molecule has 6 nitrogen and oxygen atoms in total. The molecule has 2 atom stereocenters. The van der Waals surface area contributed by atoms with E-state index in [9.17, 15) is 14.7 Å². The van der Waals surface area contributed by atoms with Crippen molar-refractivity contribution in [3.63, 3.8) is 0 Å². The van der Waals surface area contributed by atoms with Gasteiger partial charge in [0.05, 0.1) is 19.1 Å². The van der Waals surface area contributed by atoms with E-state index >= 15 is 0 Å². The van der Waals surface area contributed by atoms with Crippen molar-refractivity contribution in [3.05, 3.63) is 30.3 Å². The minimum Gasteiger partial charge on any atom is -0.493 e. The van der Waals surface area contributed by atoms with Crippen LogP contribution in [0.5, 0.6) is 5.75 Å². The second-order valence-corrected chi connectivity index (χ2v) is 4.70. The van der Waals surface area contributed by atoms with Crippen LogP contribution >= 0.6 is 0 Å². The Labute approximate surface area is 116 Å². The number of aliphatic carboxylic acids is 1. The van der Waals surface area contributed by atoms with Crippen molar-refractivity contribution >= 4 is 11.9 Å². The van der Waals surface area contributed by atoms with E-state index in [1.807, 2.05) is 18.2 Å². The van der Waals surface area contributed by atoms with E-state index < -0.39 is 18.1 Å². The maximum absolute atomic E-state index is 12.0. The molecule has 1 aromatic rings. The summed E-state index contributed by atoms with van der Waals surface area (Å²) in [6, 6.07) is 8.15. The lowest BCUT2D eigenvalue weighted by atomic mass is 10.2. The van der Waals surface area contributed by atoms with Crippen LogP contribution in [0.4, 0.5) is 0 Å². The zero-order chi connectivity index (χ0) is 14.5. The monoisotopic (exact) mass is 279 g/mol. The zero-order valence-electron chi connectivity index (χ0n) is 10.9. The van der Waals surface area contributed by atoms with Gasteiger partial charge in [-0.25, -0.2) is 4.79 Å². The lowest BCUT2D eigenvalue weighted by Gasteiger charge is -2.21. The molecule has 0 spiro atoms. The molecule has 1 heterocycles. The number of benzene rings is 1. The van der Waals surface area contributed by atoms with Crippen LogP contribution in [0.1, 0.15) is 12.8 Å². The molecule has 1 fully saturated rings. The first-order valence-electron chi connectivity index (χ1n) is 6.46. The van der Waals surface area contributed by atoms with Crippen LogP contribution in [-0.2, 0) is 9.59 Å². The molecule has 1 aromatic carbocycles. The lowest BCUT2D eigenvalue weighted by molar-refractivity contribution is -0.148. The summed E-state index contributed by atoms with van der Waals surface area (Å²) in [5, 5.41) is 18.5. The molecule has 20 heavy (non-hydrogen) atoms. The molecule has 1 amide bonds. The van der Waals surface area contributed by atoms with Gasteiger partial charge in [-0.2, -0.15) is 0 Å². The summed E-state index contributed by atoms with van der Waals surface area (Å²) in [7, 11) is 0. The number of carbonyl (C=O) groups excluding carboxylic acids is 1. The van der Waals surface area contributed by atoms with Gasteiger partial charge in [0.1, 0.15) is 11.8 Å². The van der Waals surface area contributed by atoms with E-state index in [1.54, 1.807) is 12.1 Å². The predicted molar refractivity (Wildman–Crippen MR) is 70.3 cm³/mol. The molecule has 2 rings (SSSR count). The largest absolute Gasteiger partial charge is 0.493 e. The molecule has 0 bridgehead atoms. The van der Waals surface area contributed by atoms with Crippen LogP contribution in [0.15, 0.2) is 30.3 Å². The Balaban J connectivity index is 1.84. The van der Waals surface area contributed by atoms with Gasteiger partial charge in [0.15, 0.2) is 0 Å². The van der Waals surface area contributed by atoms with Gasteiger partial charge in [-0.05, 0) is 12.1 Å². The van der Waals surface area contributed by atoms with Crippen LogP contribution < -0.4 is 4.74 Å². The van der Waals surface area contributed by atoms with Crippen molar-refractivity contribution in [2.75, 3.05) is 13.2 Å². The first kappa shape index (κ1) is 14.3. The van der Waals surface area contributed by atoms with E-state index in [1.165, 1.54) is 4.90 Å². The van der Waals surface area contributed by atoms with E-state index in [-0.39, 0.29) is 31.9 Å². The first-order valence-corrected chi connectivity index (χ1v) is 6.46. The molecule has 108 valence electrons.